The molecule has 1 heterocycles. The van der Waals surface area contributed by atoms with E-state index in [1.807, 2.05) is 25.9 Å². The first-order valence-corrected chi connectivity index (χ1v) is 6.02. The van der Waals surface area contributed by atoms with Crippen LogP contribution in [0.25, 0.3) is 0 Å². The van der Waals surface area contributed by atoms with Gasteiger partial charge in [0.15, 0.2) is 0 Å². The lowest BCUT2D eigenvalue weighted by Crippen LogP contribution is -2.34. The highest BCUT2D eigenvalue weighted by Crippen LogP contribution is 2.08. The zero-order valence-electron chi connectivity index (χ0n) is 11.3. The fourth-order valence-electron chi connectivity index (χ4n) is 1.66. The van der Waals surface area contributed by atoms with E-state index in [-0.39, 0.29) is 11.9 Å². The van der Waals surface area contributed by atoms with E-state index >= 15 is 0 Å². The van der Waals surface area contributed by atoms with Crippen molar-refractivity contribution >= 4 is 11.7 Å². The Bertz CT molecular complexity index is 388. The van der Waals surface area contributed by atoms with Crippen molar-refractivity contribution in [3.05, 3.63) is 23.9 Å². The van der Waals surface area contributed by atoms with Crippen LogP contribution in [0.4, 0.5) is 5.82 Å². The first-order valence-electron chi connectivity index (χ1n) is 6.02. The van der Waals surface area contributed by atoms with Crippen molar-refractivity contribution in [3.63, 3.8) is 0 Å². The summed E-state index contributed by atoms with van der Waals surface area (Å²) in [5, 5.41) is 12.1. The number of hydrogen-bond acceptors (Lipinski definition) is 4. The van der Waals surface area contributed by atoms with Gasteiger partial charge in [-0.1, -0.05) is 0 Å². The second kappa shape index (κ2) is 6.35. The molecule has 2 N–H and O–H groups in total. The third kappa shape index (κ3) is 4.33. The summed E-state index contributed by atoms with van der Waals surface area (Å²) in [7, 11) is 3.79. The highest BCUT2D eigenvalue weighted by atomic mass is 16.3. The molecule has 0 fully saturated rings. The molecule has 0 aliphatic carbocycles. The van der Waals surface area contributed by atoms with E-state index in [1.54, 1.807) is 25.3 Å². The zero-order valence-corrected chi connectivity index (χ0v) is 11.3. The number of hydrogen-bond donors (Lipinski definition) is 2. The van der Waals surface area contributed by atoms with Crippen LogP contribution in [0.2, 0.25) is 0 Å². The molecule has 0 saturated carbocycles. The maximum Gasteiger partial charge on any atom is 0.253 e. The molecule has 0 bridgehead atoms. The molecule has 5 heteroatoms. The van der Waals surface area contributed by atoms with Crippen molar-refractivity contribution < 1.29 is 9.90 Å². The van der Waals surface area contributed by atoms with E-state index in [0.29, 0.717) is 12.0 Å². The topological polar surface area (TPSA) is 65.5 Å². The van der Waals surface area contributed by atoms with Gasteiger partial charge in [-0.2, -0.15) is 0 Å². The SMILES string of the molecule is CC(O)CC(C)NC(=O)c1ccc(N(C)C)nc1. The third-order valence-electron chi connectivity index (χ3n) is 2.54. The molecule has 0 aliphatic rings. The maximum atomic E-state index is 11.9. The average Bonchev–Trinajstić information content (AvgIpc) is 2.27. The summed E-state index contributed by atoms with van der Waals surface area (Å²) in [4.78, 5) is 17.9. The minimum atomic E-state index is -0.422. The van der Waals surface area contributed by atoms with Crippen LogP contribution in [0, 0.1) is 0 Å². The van der Waals surface area contributed by atoms with Gasteiger partial charge in [-0.3, -0.25) is 4.79 Å². The van der Waals surface area contributed by atoms with Crippen LogP contribution < -0.4 is 10.2 Å². The van der Waals surface area contributed by atoms with Crippen LogP contribution in [0.5, 0.6) is 0 Å². The van der Waals surface area contributed by atoms with E-state index in [4.69, 9.17) is 0 Å². The van der Waals surface area contributed by atoms with Crippen LogP contribution >= 0.6 is 0 Å². The van der Waals surface area contributed by atoms with Crippen LogP contribution in [-0.2, 0) is 0 Å². The number of anilines is 1. The third-order valence-corrected chi connectivity index (χ3v) is 2.54. The molecule has 1 rings (SSSR count). The molecule has 0 aliphatic heterocycles. The number of nitrogens with zero attached hydrogens (tertiary/aromatic N) is 2. The summed E-state index contributed by atoms with van der Waals surface area (Å²) in [6, 6.07) is 3.48. The van der Waals surface area contributed by atoms with Gasteiger partial charge in [0, 0.05) is 26.3 Å². The second-order valence-corrected chi connectivity index (χ2v) is 4.76. The lowest BCUT2D eigenvalue weighted by atomic mass is 10.1. The number of aliphatic hydroxyl groups excluding tert-OH is 1. The molecule has 2 atom stereocenters. The van der Waals surface area contributed by atoms with Crippen molar-refractivity contribution in [3.8, 4) is 0 Å². The Morgan fingerprint density at radius 3 is 2.56 bits per heavy atom. The van der Waals surface area contributed by atoms with Gasteiger partial charge in [-0.25, -0.2) is 4.98 Å². The van der Waals surface area contributed by atoms with Crippen LogP contribution in [0.1, 0.15) is 30.6 Å². The zero-order chi connectivity index (χ0) is 13.7. The quantitative estimate of drug-likeness (QED) is 0.820. The molecule has 1 amide bonds. The van der Waals surface area contributed by atoms with E-state index in [0.717, 1.165) is 5.82 Å². The standard InChI is InChI=1S/C13H21N3O2/c1-9(7-10(2)17)15-13(18)11-5-6-12(14-8-11)16(3)4/h5-6,8-10,17H,7H2,1-4H3,(H,15,18). The summed E-state index contributed by atoms with van der Waals surface area (Å²) in [5.41, 5.74) is 0.526. The molecule has 0 aromatic carbocycles. The van der Waals surface area contributed by atoms with Crippen molar-refractivity contribution in [2.24, 2.45) is 0 Å². The van der Waals surface area contributed by atoms with E-state index < -0.39 is 6.10 Å². The highest BCUT2D eigenvalue weighted by molar-refractivity contribution is 5.94. The monoisotopic (exact) mass is 251 g/mol. The molecule has 1 aromatic heterocycles. The van der Waals surface area contributed by atoms with Gasteiger partial charge in [0.25, 0.3) is 5.91 Å². The minimum absolute atomic E-state index is 0.0639. The van der Waals surface area contributed by atoms with Crippen LogP contribution in [0.3, 0.4) is 0 Å². The summed E-state index contributed by atoms with van der Waals surface area (Å²) < 4.78 is 0. The molecule has 0 radical (unpaired) electrons. The van der Waals surface area contributed by atoms with Gasteiger partial charge in [0.2, 0.25) is 0 Å². The average molecular weight is 251 g/mol. The van der Waals surface area contributed by atoms with Crippen molar-refractivity contribution in [1.29, 1.82) is 0 Å². The predicted octanol–water partition coefficient (Wildman–Crippen LogP) is 1.04. The Labute approximate surface area is 108 Å². The van der Waals surface area contributed by atoms with Crippen LogP contribution in [0.15, 0.2) is 18.3 Å². The highest BCUT2D eigenvalue weighted by Gasteiger charge is 2.12. The van der Waals surface area contributed by atoms with Gasteiger partial charge < -0.3 is 15.3 Å². The Balaban J connectivity index is 2.61. The number of amides is 1. The minimum Gasteiger partial charge on any atom is -0.393 e. The molecule has 1 aromatic rings. The fraction of sp³-hybridized carbons (Fsp3) is 0.538. The Hall–Kier alpha value is -1.62. The molecule has 18 heavy (non-hydrogen) atoms. The smallest absolute Gasteiger partial charge is 0.253 e. The van der Waals surface area contributed by atoms with Crippen molar-refractivity contribution in [1.82, 2.24) is 10.3 Å². The molecule has 100 valence electrons. The Morgan fingerprint density at radius 2 is 2.11 bits per heavy atom. The van der Waals surface area contributed by atoms with Gasteiger partial charge in [0.05, 0.1) is 11.7 Å². The number of carbonyl (C=O) groups is 1. The summed E-state index contributed by atoms with van der Waals surface area (Å²) >= 11 is 0. The largest absolute Gasteiger partial charge is 0.393 e. The Morgan fingerprint density at radius 1 is 1.44 bits per heavy atom. The second-order valence-electron chi connectivity index (χ2n) is 4.76. The molecule has 0 spiro atoms. The maximum absolute atomic E-state index is 11.9. The summed E-state index contributed by atoms with van der Waals surface area (Å²) in [6.07, 6.45) is 1.67. The molecule has 5 nitrogen and oxygen atoms in total. The lowest BCUT2D eigenvalue weighted by Gasteiger charge is -2.16. The summed E-state index contributed by atoms with van der Waals surface area (Å²) in [6.45, 7) is 3.57. The molecular weight excluding hydrogens is 230 g/mol. The van der Waals surface area contributed by atoms with Gasteiger partial charge in [-0.05, 0) is 32.4 Å². The number of aliphatic hydroxyl groups is 1. The molecule has 2 unspecified atom stereocenters. The van der Waals surface area contributed by atoms with Gasteiger partial charge in [0.1, 0.15) is 5.82 Å². The first kappa shape index (κ1) is 14.4. The van der Waals surface area contributed by atoms with E-state index in [2.05, 4.69) is 10.3 Å². The first-order chi connectivity index (χ1) is 8.40. The van der Waals surface area contributed by atoms with Gasteiger partial charge >= 0.3 is 0 Å². The van der Waals surface area contributed by atoms with Crippen molar-refractivity contribution in [2.45, 2.75) is 32.4 Å². The number of carbonyl (C=O) groups excluding carboxylic acids is 1. The van der Waals surface area contributed by atoms with E-state index in [9.17, 15) is 9.90 Å². The van der Waals surface area contributed by atoms with E-state index in [1.165, 1.54) is 0 Å². The Kier molecular flexibility index (Phi) is 5.09. The number of aromatic nitrogens is 1. The predicted molar refractivity (Wildman–Crippen MR) is 71.8 cm³/mol. The van der Waals surface area contributed by atoms with Crippen molar-refractivity contribution in [2.75, 3.05) is 19.0 Å². The number of pyridine rings is 1. The van der Waals surface area contributed by atoms with Crippen LogP contribution in [-0.4, -0.2) is 42.2 Å². The van der Waals surface area contributed by atoms with Gasteiger partial charge in [-0.15, -0.1) is 0 Å². The normalized spacial score (nSPS) is 13.8. The number of rotatable bonds is 5. The fourth-order valence-corrected chi connectivity index (χ4v) is 1.66. The lowest BCUT2D eigenvalue weighted by molar-refractivity contribution is 0.0922. The summed E-state index contributed by atoms with van der Waals surface area (Å²) in [5.74, 6) is 0.643. The molecule has 0 saturated heterocycles. The number of nitrogens with one attached hydrogen (secondary N) is 1. The molecular formula is C13H21N3O2.